The van der Waals surface area contributed by atoms with Crippen LogP contribution in [-0.4, -0.2) is 0 Å². The van der Waals surface area contributed by atoms with Gasteiger partial charge in [0.2, 0.25) is 0 Å². The van der Waals surface area contributed by atoms with E-state index in [2.05, 4.69) is 193 Å². The minimum absolute atomic E-state index is 1.12. The van der Waals surface area contributed by atoms with Crippen molar-refractivity contribution in [2.24, 2.45) is 0 Å². The first-order valence-electron chi connectivity index (χ1n) is 16.3. The first kappa shape index (κ1) is 28.3. The third kappa shape index (κ3) is 5.04. The van der Waals surface area contributed by atoms with Crippen molar-refractivity contribution in [3.8, 4) is 33.4 Å². The molecule has 0 bridgehead atoms. The summed E-state index contributed by atoms with van der Waals surface area (Å²) in [5, 5.41) is 5.09. The van der Waals surface area contributed by atoms with Gasteiger partial charge in [-0.2, -0.15) is 0 Å². The molecule has 0 radical (unpaired) electrons. The zero-order chi connectivity index (χ0) is 31.9. The highest BCUT2D eigenvalue weighted by Crippen LogP contribution is 2.46. The van der Waals surface area contributed by atoms with Gasteiger partial charge in [-0.3, -0.25) is 0 Å². The number of hydrogen-bond donors (Lipinski definition) is 0. The summed E-state index contributed by atoms with van der Waals surface area (Å²) in [7, 11) is 0. The van der Waals surface area contributed by atoms with Gasteiger partial charge in [-0.15, -0.1) is 11.3 Å². The second-order valence-corrected chi connectivity index (χ2v) is 13.2. The molecule has 48 heavy (non-hydrogen) atoms. The molecular formula is C46H31NS. The van der Waals surface area contributed by atoms with Crippen molar-refractivity contribution in [2.45, 2.75) is 0 Å². The van der Waals surface area contributed by atoms with Crippen molar-refractivity contribution < 1.29 is 0 Å². The lowest BCUT2D eigenvalue weighted by Crippen LogP contribution is -2.10. The van der Waals surface area contributed by atoms with Crippen LogP contribution in [-0.2, 0) is 0 Å². The predicted octanol–water partition coefficient (Wildman–Crippen LogP) is 13.7. The van der Waals surface area contributed by atoms with Crippen LogP contribution in [0.25, 0.3) is 64.3 Å². The lowest BCUT2D eigenvalue weighted by Gasteiger charge is -2.27. The van der Waals surface area contributed by atoms with Gasteiger partial charge in [-0.05, 0) is 86.6 Å². The Hall–Kier alpha value is -5.96. The number of anilines is 3. The molecule has 1 nitrogen and oxygen atoms in total. The van der Waals surface area contributed by atoms with Crippen LogP contribution in [0.5, 0.6) is 0 Å². The molecule has 0 saturated carbocycles. The van der Waals surface area contributed by atoms with Crippen LogP contribution in [0.15, 0.2) is 188 Å². The van der Waals surface area contributed by atoms with E-state index in [0.717, 1.165) is 11.4 Å². The molecule has 0 N–H and O–H groups in total. The van der Waals surface area contributed by atoms with Crippen LogP contribution in [0.3, 0.4) is 0 Å². The van der Waals surface area contributed by atoms with E-state index in [1.807, 2.05) is 11.3 Å². The lowest BCUT2D eigenvalue weighted by molar-refractivity contribution is 1.30. The second kappa shape index (κ2) is 12.0. The Morgan fingerprint density at radius 1 is 0.354 bits per heavy atom. The summed E-state index contributed by atoms with van der Waals surface area (Å²) < 4.78 is 2.58. The zero-order valence-corrected chi connectivity index (χ0v) is 27.1. The normalized spacial score (nSPS) is 11.3. The van der Waals surface area contributed by atoms with Crippen molar-refractivity contribution in [1.82, 2.24) is 0 Å². The maximum Gasteiger partial charge on any atom is 0.0554 e. The molecule has 0 amide bonds. The maximum atomic E-state index is 2.42. The third-order valence-corrected chi connectivity index (χ3v) is 10.4. The average Bonchev–Trinajstić information content (AvgIpc) is 3.55. The number of nitrogens with zero attached hydrogens (tertiary/aromatic N) is 1. The van der Waals surface area contributed by atoms with Gasteiger partial charge in [0, 0.05) is 31.5 Å². The lowest BCUT2D eigenvalue weighted by atomic mass is 9.98. The Balaban J connectivity index is 1.20. The molecule has 2 heteroatoms. The predicted molar refractivity (Wildman–Crippen MR) is 208 cm³/mol. The highest BCUT2D eigenvalue weighted by Gasteiger charge is 2.19. The fraction of sp³-hybridized carbons (Fsp3) is 0. The summed E-state index contributed by atoms with van der Waals surface area (Å²) in [4.78, 5) is 2.42. The molecule has 226 valence electrons. The number of benzene rings is 8. The summed E-state index contributed by atoms with van der Waals surface area (Å²) in [6.45, 7) is 0. The number of hydrogen-bond acceptors (Lipinski definition) is 2. The molecule has 0 fully saturated rings. The Labute approximate surface area is 284 Å². The number of fused-ring (bicyclic) bond motifs is 4. The molecule has 0 aliphatic rings. The zero-order valence-electron chi connectivity index (χ0n) is 26.3. The third-order valence-electron chi connectivity index (χ3n) is 9.28. The van der Waals surface area contributed by atoms with E-state index in [9.17, 15) is 0 Å². The van der Waals surface area contributed by atoms with Gasteiger partial charge >= 0.3 is 0 Å². The van der Waals surface area contributed by atoms with E-state index in [1.54, 1.807) is 0 Å². The van der Waals surface area contributed by atoms with Gasteiger partial charge in [-0.1, -0.05) is 146 Å². The van der Waals surface area contributed by atoms with Crippen LogP contribution in [0.4, 0.5) is 17.1 Å². The fourth-order valence-electron chi connectivity index (χ4n) is 6.93. The molecule has 0 aliphatic carbocycles. The van der Waals surface area contributed by atoms with Gasteiger partial charge in [0.25, 0.3) is 0 Å². The van der Waals surface area contributed by atoms with E-state index in [0.29, 0.717) is 0 Å². The molecule has 0 saturated heterocycles. The maximum absolute atomic E-state index is 2.42. The van der Waals surface area contributed by atoms with E-state index in [1.165, 1.54) is 70.0 Å². The molecule has 9 aromatic rings. The molecule has 0 spiro atoms. The largest absolute Gasteiger partial charge is 0.310 e. The highest BCUT2D eigenvalue weighted by atomic mass is 32.1. The first-order chi connectivity index (χ1) is 23.8. The van der Waals surface area contributed by atoms with Crippen molar-refractivity contribution in [1.29, 1.82) is 0 Å². The van der Waals surface area contributed by atoms with Crippen LogP contribution in [0, 0.1) is 0 Å². The molecule has 8 aromatic carbocycles. The van der Waals surface area contributed by atoms with Gasteiger partial charge in [0.15, 0.2) is 0 Å². The van der Waals surface area contributed by atoms with E-state index >= 15 is 0 Å². The topological polar surface area (TPSA) is 3.24 Å². The summed E-state index contributed by atoms with van der Waals surface area (Å²) in [6.07, 6.45) is 0. The minimum Gasteiger partial charge on any atom is -0.310 e. The van der Waals surface area contributed by atoms with E-state index in [-0.39, 0.29) is 0 Å². The van der Waals surface area contributed by atoms with Crippen LogP contribution < -0.4 is 4.90 Å². The molecule has 0 unspecified atom stereocenters. The van der Waals surface area contributed by atoms with Gasteiger partial charge < -0.3 is 4.90 Å². The van der Waals surface area contributed by atoms with Gasteiger partial charge in [0.1, 0.15) is 0 Å². The Kier molecular flexibility index (Phi) is 7.07. The Morgan fingerprint density at radius 3 is 1.65 bits per heavy atom. The van der Waals surface area contributed by atoms with Crippen LogP contribution in [0.1, 0.15) is 0 Å². The fourth-order valence-corrected chi connectivity index (χ4v) is 8.10. The number of thiophene rings is 1. The smallest absolute Gasteiger partial charge is 0.0554 e. The van der Waals surface area contributed by atoms with Crippen molar-refractivity contribution in [2.75, 3.05) is 4.90 Å². The quantitative estimate of drug-likeness (QED) is 0.177. The van der Waals surface area contributed by atoms with E-state index in [4.69, 9.17) is 0 Å². The summed E-state index contributed by atoms with van der Waals surface area (Å²) in [5.41, 5.74) is 10.8. The molecule has 1 aromatic heterocycles. The van der Waals surface area contributed by atoms with Crippen LogP contribution in [0.2, 0.25) is 0 Å². The van der Waals surface area contributed by atoms with Crippen molar-refractivity contribution >= 4 is 59.3 Å². The molecule has 9 rings (SSSR count). The van der Waals surface area contributed by atoms with Crippen molar-refractivity contribution in [3.63, 3.8) is 0 Å². The average molecular weight is 630 g/mol. The van der Waals surface area contributed by atoms with Gasteiger partial charge in [0.05, 0.1) is 5.69 Å². The Morgan fingerprint density at radius 2 is 0.917 bits per heavy atom. The van der Waals surface area contributed by atoms with Crippen molar-refractivity contribution in [3.05, 3.63) is 188 Å². The Bertz CT molecular complexity index is 2530. The number of rotatable bonds is 6. The van der Waals surface area contributed by atoms with E-state index < -0.39 is 0 Å². The second-order valence-electron chi connectivity index (χ2n) is 12.2. The summed E-state index contributed by atoms with van der Waals surface area (Å²) >= 11 is 1.87. The highest BCUT2D eigenvalue weighted by molar-refractivity contribution is 7.26. The standard InChI is InChI=1S/C46H31NS/c1-3-11-32(12-4-1)34-21-26-38(27-22-34)47(39-28-23-36(24-29-39)41-18-9-16-35-15-7-8-17-40(35)41)43-19-10-20-44-46(43)42-30-25-37(31-45(42)48-44)33-13-5-2-6-14-33/h1-31H. The SMILES string of the molecule is c1ccc(-c2ccc(N(c3ccc(-c4cccc5ccccc45)cc3)c3cccc4sc5cc(-c6ccccc6)ccc5c34)cc2)cc1. The molecular weight excluding hydrogens is 599 g/mol. The first-order valence-corrected chi connectivity index (χ1v) is 17.2. The molecule has 0 atom stereocenters. The molecule has 1 heterocycles. The summed E-state index contributed by atoms with van der Waals surface area (Å²) in [6, 6.07) is 68.1. The van der Waals surface area contributed by atoms with Gasteiger partial charge in [-0.25, -0.2) is 0 Å². The summed E-state index contributed by atoms with van der Waals surface area (Å²) in [5.74, 6) is 0. The minimum atomic E-state index is 1.12. The van der Waals surface area contributed by atoms with Crippen LogP contribution >= 0.6 is 11.3 Å². The monoisotopic (exact) mass is 629 g/mol. The molecule has 0 aliphatic heterocycles.